The summed E-state index contributed by atoms with van der Waals surface area (Å²) in [5, 5.41) is 12.6. The van der Waals surface area contributed by atoms with Crippen LogP contribution in [-0.2, 0) is 14.4 Å². The van der Waals surface area contributed by atoms with Gasteiger partial charge >= 0.3 is 5.97 Å². The Morgan fingerprint density at radius 1 is 1.61 bits per heavy atom. The number of hydrogen-bond donors (Lipinski definition) is 1. The van der Waals surface area contributed by atoms with Crippen LogP contribution in [0.3, 0.4) is 0 Å². The minimum Gasteiger partial charge on any atom is -0.477 e. The van der Waals surface area contributed by atoms with Gasteiger partial charge in [0.15, 0.2) is 5.71 Å². The molecule has 0 unspecified atom stereocenters. The van der Waals surface area contributed by atoms with Crippen LogP contribution in [0.2, 0.25) is 0 Å². The lowest BCUT2D eigenvalue weighted by Gasteiger charge is -2.43. The maximum Gasteiger partial charge on any atom is 0.352 e. The van der Waals surface area contributed by atoms with Gasteiger partial charge in [-0.25, -0.2) is 4.79 Å². The van der Waals surface area contributed by atoms with Crippen LogP contribution in [0.15, 0.2) is 16.4 Å². The monoisotopic (exact) mass is 270 g/mol. The summed E-state index contributed by atoms with van der Waals surface area (Å²) in [7, 11) is 0. The highest BCUT2D eigenvalue weighted by molar-refractivity contribution is 8.01. The molecule has 18 heavy (non-hydrogen) atoms. The molecule has 98 valence electrons. The maximum atomic E-state index is 11.9. The van der Waals surface area contributed by atoms with E-state index in [9.17, 15) is 9.59 Å². The fourth-order valence-electron chi connectivity index (χ4n) is 1.77. The van der Waals surface area contributed by atoms with Crippen LogP contribution in [0.1, 0.15) is 20.8 Å². The topological polar surface area (TPSA) is 79.2 Å². The van der Waals surface area contributed by atoms with Gasteiger partial charge in [0.1, 0.15) is 17.2 Å². The van der Waals surface area contributed by atoms with Gasteiger partial charge in [-0.1, -0.05) is 5.16 Å². The van der Waals surface area contributed by atoms with E-state index in [1.54, 1.807) is 6.92 Å². The molecular formula is C11H14N2O4S. The van der Waals surface area contributed by atoms with Crippen molar-refractivity contribution in [3.05, 3.63) is 11.3 Å². The van der Waals surface area contributed by atoms with Gasteiger partial charge in [0.05, 0.1) is 0 Å². The molecule has 7 heteroatoms. The number of carbonyl (C=O) groups is 2. The van der Waals surface area contributed by atoms with E-state index >= 15 is 0 Å². The summed E-state index contributed by atoms with van der Waals surface area (Å²) in [5.41, 5.74) is 1.06. The Hall–Kier alpha value is -1.50. The van der Waals surface area contributed by atoms with E-state index in [4.69, 9.17) is 9.94 Å². The molecule has 1 amide bonds. The second kappa shape index (κ2) is 4.64. The number of β-lactam (4-membered cyclic amide) rings is 1. The Balaban J connectivity index is 2.23. The molecule has 2 aliphatic rings. The number of nitrogens with zero attached hydrogens (tertiary/aromatic N) is 2. The third kappa shape index (κ3) is 1.98. The van der Waals surface area contributed by atoms with Crippen LogP contribution >= 0.6 is 11.8 Å². The van der Waals surface area contributed by atoms with Gasteiger partial charge in [-0.05, 0) is 26.3 Å². The third-order valence-corrected chi connectivity index (χ3v) is 3.92. The second-order valence-electron chi connectivity index (χ2n) is 4.40. The number of carboxylic acid groups (broad SMARTS) is 1. The largest absolute Gasteiger partial charge is 0.477 e. The van der Waals surface area contributed by atoms with E-state index in [2.05, 4.69) is 5.16 Å². The van der Waals surface area contributed by atoms with Crippen molar-refractivity contribution in [1.82, 2.24) is 4.90 Å². The number of fused-ring (bicyclic) bond motifs is 1. The lowest BCUT2D eigenvalue weighted by Crippen LogP contribution is -2.62. The van der Waals surface area contributed by atoms with E-state index in [1.165, 1.54) is 16.7 Å². The van der Waals surface area contributed by atoms with Gasteiger partial charge in [-0.15, -0.1) is 11.8 Å². The Bertz CT molecular complexity index is 470. The van der Waals surface area contributed by atoms with Crippen LogP contribution in [0.4, 0.5) is 0 Å². The van der Waals surface area contributed by atoms with Crippen LogP contribution < -0.4 is 0 Å². The molecule has 1 N–H and O–H groups in total. The van der Waals surface area contributed by atoms with Gasteiger partial charge in [0.25, 0.3) is 5.91 Å². The second-order valence-corrected chi connectivity index (χ2v) is 5.47. The molecule has 0 aromatic heterocycles. The molecular weight excluding hydrogens is 256 g/mol. The van der Waals surface area contributed by atoms with Crippen molar-refractivity contribution >= 4 is 29.4 Å². The highest BCUT2D eigenvalue weighted by atomic mass is 32.2. The smallest absolute Gasteiger partial charge is 0.352 e. The van der Waals surface area contributed by atoms with Gasteiger partial charge in [0.2, 0.25) is 0 Å². The van der Waals surface area contributed by atoms with Crippen molar-refractivity contribution in [2.45, 2.75) is 32.2 Å². The minimum atomic E-state index is -1.07. The SMILES string of the molecule is CC1=C(C(=O)O)N2C(=O)/C(=N\OC(C)C)[C@H]2SC1. The average Bonchev–Trinajstić information content (AvgIpc) is 2.28. The number of hydrogen-bond acceptors (Lipinski definition) is 5. The summed E-state index contributed by atoms with van der Waals surface area (Å²) in [6.45, 7) is 5.34. The van der Waals surface area contributed by atoms with Crippen molar-refractivity contribution in [2.24, 2.45) is 5.16 Å². The number of rotatable bonds is 3. The standard InChI is InChI=1S/C11H14N2O4S/c1-5(2)17-12-7-9(14)13-8(11(15)16)6(3)4-18-10(7)13/h5,10H,4H2,1-3H3,(H,15,16)/b12-7+/t10-/m1/s1. The molecule has 0 aliphatic carbocycles. The molecule has 2 heterocycles. The molecule has 6 nitrogen and oxygen atoms in total. The van der Waals surface area contributed by atoms with Gasteiger partial charge in [-0.3, -0.25) is 9.69 Å². The van der Waals surface area contributed by atoms with Crippen LogP contribution in [-0.4, -0.2) is 44.8 Å². The first-order valence-electron chi connectivity index (χ1n) is 5.55. The predicted molar refractivity (Wildman–Crippen MR) is 67.1 cm³/mol. The molecule has 1 saturated heterocycles. The Labute approximate surface area is 109 Å². The van der Waals surface area contributed by atoms with E-state index < -0.39 is 5.97 Å². The fraction of sp³-hybridized carbons (Fsp3) is 0.545. The zero-order valence-electron chi connectivity index (χ0n) is 10.3. The first kappa shape index (κ1) is 12.9. The van der Waals surface area contributed by atoms with E-state index in [0.717, 1.165) is 0 Å². The number of thioether (sulfide) groups is 1. The minimum absolute atomic E-state index is 0.0762. The lowest BCUT2D eigenvalue weighted by atomic mass is 10.1. The van der Waals surface area contributed by atoms with Crippen LogP contribution in [0, 0.1) is 0 Å². The number of aliphatic carboxylic acids is 1. The fourth-order valence-corrected chi connectivity index (χ4v) is 2.97. The zero-order chi connectivity index (χ0) is 13.4. The van der Waals surface area contributed by atoms with Gasteiger partial charge < -0.3 is 9.94 Å². The summed E-state index contributed by atoms with van der Waals surface area (Å²) in [6.07, 6.45) is -0.107. The average molecular weight is 270 g/mol. The molecule has 0 saturated carbocycles. The predicted octanol–water partition coefficient (Wildman–Crippen LogP) is 1.04. The zero-order valence-corrected chi connectivity index (χ0v) is 11.2. The van der Waals surface area contributed by atoms with E-state index in [0.29, 0.717) is 17.0 Å². The first-order valence-corrected chi connectivity index (χ1v) is 6.60. The van der Waals surface area contributed by atoms with Crippen LogP contribution in [0.25, 0.3) is 0 Å². The lowest BCUT2D eigenvalue weighted by molar-refractivity contribution is -0.139. The van der Waals surface area contributed by atoms with Crippen molar-refractivity contribution in [2.75, 3.05) is 5.75 Å². The Kier molecular flexibility index (Phi) is 3.34. The normalized spacial score (nSPS) is 25.3. The molecule has 0 bridgehead atoms. The maximum absolute atomic E-state index is 11.9. The summed E-state index contributed by atoms with van der Waals surface area (Å²) in [4.78, 5) is 29.3. The molecule has 0 radical (unpaired) electrons. The van der Waals surface area contributed by atoms with Crippen molar-refractivity contribution in [3.63, 3.8) is 0 Å². The molecule has 2 rings (SSSR count). The highest BCUT2D eigenvalue weighted by Gasteiger charge is 2.51. The molecule has 0 aromatic carbocycles. The van der Waals surface area contributed by atoms with Gasteiger partial charge in [0, 0.05) is 5.75 Å². The summed E-state index contributed by atoms with van der Waals surface area (Å²) in [6, 6.07) is 0. The summed E-state index contributed by atoms with van der Waals surface area (Å²) in [5.74, 6) is -0.879. The third-order valence-electron chi connectivity index (χ3n) is 2.57. The van der Waals surface area contributed by atoms with E-state index in [-0.39, 0.29) is 23.1 Å². The molecule has 2 aliphatic heterocycles. The van der Waals surface area contributed by atoms with Gasteiger partial charge in [-0.2, -0.15) is 0 Å². The molecule has 1 atom stereocenters. The number of carboxylic acids is 1. The van der Waals surface area contributed by atoms with Crippen molar-refractivity contribution in [3.8, 4) is 0 Å². The molecule has 0 aromatic rings. The Morgan fingerprint density at radius 2 is 2.28 bits per heavy atom. The van der Waals surface area contributed by atoms with Crippen LogP contribution in [0.5, 0.6) is 0 Å². The summed E-state index contributed by atoms with van der Waals surface area (Å²) < 4.78 is 0. The number of amides is 1. The molecule has 0 spiro atoms. The quantitative estimate of drug-likeness (QED) is 0.612. The Morgan fingerprint density at radius 3 is 2.83 bits per heavy atom. The highest BCUT2D eigenvalue weighted by Crippen LogP contribution is 2.38. The first-order chi connectivity index (χ1) is 8.43. The number of oxime groups is 1. The van der Waals surface area contributed by atoms with Crippen molar-refractivity contribution < 1.29 is 19.5 Å². The summed E-state index contributed by atoms with van der Waals surface area (Å²) >= 11 is 1.48. The van der Waals surface area contributed by atoms with E-state index in [1.807, 2.05) is 13.8 Å². The van der Waals surface area contributed by atoms with Crippen molar-refractivity contribution in [1.29, 1.82) is 0 Å². The molecule has 1 fully saturated rings. The number of carbonyl (C=O) groups excluding carboxylic acids is 1.